The average molecular weight is 428 g/mol. The zero-order valence-corrected chi connectivity index (χ0v) is 18.2. The van der Waals surface area contributed by atoms with Gasteiger partial charge in [0.05, 0.1) is 25.1 Å². The number of aromatic amines is 1. The lowest BCUT2D eigenvalue weighted by Gasteiger charge is -2.29. The number of H-pyrrole nitrogens is 1. The van der Waals surface area contributed by atoms with Gasteiger partial charge in [-0.15, -0.1) is 0 Å². The van der Waals surface area contributed by atoms with E-state index in [-0.39, 0.29) is 17.9 Å². The van der Waals surface area contributed by atoms with E-state index in [1.54, 1.807) is 19.6 Å². The number of amides is 1. The predicted octanol–water partition coefficient (Wildman–Crippen LogP) is 5.31. The van der Waals surface area contributed by atoms with Gasteiger partial charge < -0.3 is 9.26 Å². The molecule has 7 nitrogen and oxygen atoms in total. The van der Waals surface area contributed by atoms with E-state index in [0.717, 1.165) is 39.4 Å². The highest BCUT2D eigenvalue weighted by molar-refractivity contribution is 6.10. The second kappa shape index (κ2) is 8.00. The number of hydrogen-bond donors (Lipinski definition) is 1. The van der Waals surface area contributed by atoms with Crippen LogP contribution in [0.2, 0.25) is 0 Å². The van der Waals surface area contributed by atoms with Gasteiger partial charge in [-0.2, -0.15) is 5.10 Å². The number of nitrogens with one attached hydrogen (secondary N) is 1. The van der Waals surface area contributed by atoms with Gasteiger partial charge in [-0.05, 0) is 35.3 Å². The third-order valence-electron chi connectivity index (χ3n) is 5.97. The number of ether oxygens (including phenoxy) is 1. The van der Waals surface area contributed by atoms with E-state index >= 15 is 0 Å². The highest BCUT2D eigenvalue weighted by Gasteiger charge is 2.44. The molecule has 32 heavy (non-hydrogen) atoms. The number of benzene rings is 1. The van der Waals surface area contributed by atoms with Crippen LogP contribution in [0.1, 0.15) is 54.0 Å². The largest absolute Gasteiger partial charge is 0.501 e. The fourth-order valence-electron chi connectivity index (χ4n) is 4.37. The number of rotatable bonds is 5. The lowest BCUT2D eigenvalue weighted by Crippen LogP contribution is -2.30. The summed E-state index contributed by atoms with van der Waals surface area (Å²) in [5.74, 6) is 0.947. The number of allylic oxidation sites excluding steroid dienone is 5. The second-order valence-corrected chi connectivity index (χ2v) is 8.23. The van der Waals surface area contributed by atoms with Crippen LogP contribution in [0.3, 0.4) is 0 Å². The van der Waals surface area contributed by atoms with E-state index in [4.69, 9.17) is 9.26 Å². The smallest absolute Gasteiger partial charge is 0.279 e. The number of methoxy groups -OCH3 is 1. The van der Waals surface area contributed by atoms with Gasteiger partial charge >= 0.3 is 0 Å². The van der Waals surface area contributed by atoms with E-state index in [0.29, 0.717) is 12.1 Å². The highest BCUT2D eigenvalue weighted by atomic mass is 16.5. The van der Waals surface area contributed by atoms with Crippen molar-refractivity contribution in [3.05, 3.63) is 89.3 Å². The number of nitrogens with zero attached hydrogens (tertiary/aromatic N) is 3. The van der Waals surface area contributed by atoms with Crippen molar-refractivity contribution in [1.82, 2.24) is 15.4 Å². The molecule has 1 aliphatic heterocycles. The molecule has 7 heteroatoms. The van der Waals surface area contributed by atoms with Crippen LogP contribution in [-0.4, -0.2) is 28.4 Å². The SMILES string of the molecule is COC1=CC=CC=C(C2c3c(n[nH]c3C(C)C)C(=O)N2c2ccc(-c3cnoc3)cc2)C1. The molecule has 0 saturated carbocycles. The molecule has 1 amide bonds. The summed E-state index contributed by atoms with van der Waals surface area (Å²) in [6.07, 6.45) is 11.9. The van der Waals surface area contributed by atoms with E-state index in [2.05, 4.69) is 35.3 Å². The van der Waals surface area contributed by atoms with Gasteiger partial charge in [-0.3, -0.25) is 14.8 Å². The summed E-state index contributed by atoms with van der Waals surface area (Å²) >= 11 is 0. The van der Waals surface area contributed by atoms with Gasteiger partial charge in [0.1, 0.15) is 6.26 Å². The molecule has 1 unspecified atom stereocenters. The number of hydrogen-bond acceptors (Lipinski definition) is 5. The molecule has 0 fully saturated rings. The molecule has 3 aromatic rings. The van der Waals surface area contributed by atoms with Crippen molar-refractivity contribution in [3.8, 4) is 11.1 Å². The second-order valence-electron chi connectivity index (χ2n) is 8.23. The Bertz CT molecular complexity index is 1230. The van der Waals surface area contributed by atoms with Crippen molar-refractivity contribution in [3.63, 3.8) is 0 Å². The van der Waals surface area contributed by atoms with Gasteiger partial charge in [-0.1, -0.05) is 49.4 Å². The summed E-state index contributed by atoms with van der Waals surface area (Å²) in [5, 5.41) is 11.3. The Hall–Kier alpha value is -3.87. The van der Waals surface area contributed by atoms with Gasteiger partial charge in [0.2, 0.25) is 0 Å². The van der Waals surface area contributed by atoms with Crippen molar-refractivity contribution in [1.29, 1.82) is 0 Å². The minimum absolute atomic E-state index is 0.108. The topological polar surface area (TPSA) is 84.2 Å². The van der Waals surface area contributed by atoms with Crippen LogP contribution < -0.4 is 4.90 Å². The lowest BCUT2D eigenvalue weighted by molar-refractivity contribution is 0.0988. The average Bonchev–Trinajstić information content (AvgIpc) is 3.49. The Labute approximate surface area is 186 Å². The van der Waals surface area contributed by atoms with Crippen LogP contribution in [0.25, 0.3) is 11.1 Å². The van der Waals surface area contributed by atoms with Crippen LogP contribution in [0.15, 0.2) is 76.9 Å². The Balaban J connectivity index is 1.61. The Morgan fingerprint density at radius 2 is 1.94 bits per heavy atom. The Morgan fingerprint density at radius 3 is 2.62 bits per heavy atom. The first-order chi connectivity index (χ1) is 15.6. The first-order valence-electron chi connectivity index (χ1n) is 10.6. The Morgan fingerprint density at radius 1 is 1.16 bits per heavy atom. The van der Waals surface area contributed by atoms with Crippen LogP contribution in [0.5, 0.6) is 0 Å². The first kappa shape index (κ1) is 20.1. The number of carbonyl (C=O) groups excluding carboxylic acids is 1. The summed E-state index contributed by atoms with van der Waals surface area (Å²) in [7, 11) is 1.67. The van der Waals surface area contributed by atoms with E-state index in [9.17, 15) is 4.79 Å². The van der Waals surface area contributed by atoms with Crippen LogP contribution in [-0.2, 0) is 4.74 Å². The van der Waals surface area contributed by atoms with E-state index in [1.807, 2.05) is 47.4 Å². The molecule has 0 saturated heterocycles. The minimum atomic E-state index is -0.267. The normalized spacial score (nSPS) is 17.9. The number of anilines is 1. The third kappa shape index (κ3) is 3.26. The monoisotopic (exact) mass is 428 g/mol. The molecular formula is C25H24N4O3. The van der Waals surface area contributed by atoms with Crippen molar-refractivity contribution in [2.24, 2.45) is 0 Å². The molecule has 1 atom stereocenters. The van der Waals surface area contributed by atoms with E-state index < -0.39 is 0 Å². The quantitative estimate of drug-likeness (QED) is 0.596. The van der Waals surface area contributed by atoms with Gasteiger partial charge in [-0.25, -0.2) is 0 Å². The maximum absolute atomic E-state index is 13.6. The molecule has 2 aliphatic rings. The summed E-state index contributed by atoms with van der Waals surface area (Å²) in [4.78, 5) is 15.4. The molecule has 3 heterocycles. The molecule has 1 aliphatic carbocycles. The Kier molecular flexibility index (Phi) is 5.01. The maximum Gasteiger partial charge on any atom is 0.279 e. The van der Waals surface area contributed by atoms with Crippen LogP contribution >= 0.6 is 0 Å². The van der Waals surface area contributed by atoms with Gasteiger partial charge in [0.25, 0.3) is 5.91 Å². The molecular weight excluding hydrogens is 404 g/mol. The zero-order chi connectivity index (χ0) is 22.2. The van der Waals surface area contributed by atoms with Crippen molar-refractivity contribution >= 4 is 11.6 Å². The molecule has 1 aromatic carbocycles. The number of carbonyl (C=O) groups is 1. The summed E-state index contributed by atoms with van der Waals surface area (Å²) in [6, 6.07) is 7.59. The molecule has 0 spiro atoms. The third-order valence-corrected chi connectivity index (χ3v) is 5.97. The number of fused-ring (bicyclic) bond motifs is 1. The zero-order valence-electron chi connectivity index (χ0n) is 18.2. The fourth-order valence-corrected chi connectivity index (χ4v) is 4.37. The van der Waals surface area contributed by atoms with Crippen LogP contribution in [0, 0.1) is 0 Å². The first-order valence-corrected chi connectivity index (χ1v) is 10.6. The molecule has 5 rings (SSSR count). The standard InChI is InChI=1S/C25H24N4O3/c1-15(2)22-21-23(28-27-22)25(30)29(24(21)17-6-4-5-7-20(12-17)31-3)19-10-8-16(9-11-19)18-13-26-32-14-18/h4-11,13-15,24H,12H2,1-3H3,(H,27,28). The highest BCUT2D eigenvalue weighted by Crippen LogP contribution is 2.46. The van der Waals surface area contributed by atoms with Gasteiger partial charge in [0, 0.05) is 28.9 Å². The van der Waals surface area contributed by atoms with Crippen molar-refractivity contribution < 1.29 is 14.1 Å². The summed E-state index contributed by atoms with van der Waals surface area (Å²) in [5.41, 5.74) is 6.17. The molecule has 1 N–H and O–H groups in total. The predicted molar refractivity (Wildman–Crippen MR) is 121 cm³/mol. The van der Waals surface area contributed by atoms with E-state index in [1.165, 1.54) is 0 Å². The molecule has 0 radical (unpaired) electrons. The summed E-state index contributed by atoms with van der Waals surface area (Å²) < 4.78 is 10.5. The summed E-state index contributed by atoms with van der Waals surface area (Å²) in [6.45, 7) is 4.21. The maximum atomic E-state index is 13.6. The molecule has 2 aromatic heterocycles. The minimum Gasteiger partial charge on any atom is -0.501 e. The lowest BCUT2D eigenvalue weighted by atomic mass is 9.92. The molecule has 162 valence electrons. The van der Waals surface area contributed by atoms with Crippen molar-refractivity contribution in [2.45, 2.75) is 32.2 Å². The fraction of sp³-hybridized carbons (Fsp3) is 0.240. The van der Waals surface area contributed by atoms with Gasteiger partial charge in [0.15, 0.2) is 5.69 Å². The van der Waals surface area contributed by atoms with Crippen molar-refractivity contribution in [2.75, 3.05) is 12.0 Å². The van der Waals surface area contributed by atoms with Crippen LogP contribution in [0.4, 0.5) is 5.69 Å². The number of aromatic nitrogens is 3. The molecule has 0 bridgehead atoms.